The molecule has 200 valence electrons. The molecule has 1 unspecified atom stereocenters. The van der Waals surface area contributed by atoms with Gasteiger partial charge in [0.2, 0.25) is 0 Å². The van der Waals surface area contributed by atoms with E-state index in [1.165, 1.54) is 11.3 Å². The first-order chi connectivity index (χ1) is 19.0. The molecule has 39 heavy (non-hydrogen) atoms. The summed E-state index contributed by atoms with van der Waals surface area (Å²) in [5, 5.41) is 12.4. The number of carbonyl (C=O) groups excluding carboxylic acids is 1. The molecule has 2 N–H and O–H groups in total. The monoisotopic (exact) mass is 543 g/mol. The Morgan fingerprint density at radius 3 is 2.05 bits per heavy atom. The predicted octanol–water partition coefficient (Wildman–Crippen LogP) is 6.24. The van der Waals surface area contributed by atoms with Crippen molar-refractivity contribution in [3.63, 3.8) is 0 Å². The van der Waals surface area contributed by atoms with Gasteiger partial charge < -0.3 is 24.6 Å². The second kappa shape index (κ2) is 11.8. The van der Waals surface area contributed by atoms with Crippen molar-refractivity contribution in [3.05, 3.63) is 106 Å². The van der Waals surface area contributed by atoms with Gasteiger partial charge in [0.25, 0.3) is 0 Å². The number of carbonyl (C=O) groups is 2. The van der Waals surface area contributed by atoms with Crippen molar-refractivity contribution in [1.82, 2.24) is 5.32 Å². The second-order valence-electron chi connectivity index (χ2n) is 9.22. The Morgan fingerprint density at radius 2 is 1.44 bits per heavy atom. The highest BCUT2D eigenvalue weighted by Crippen LogP contribution is 2.44. The fraction of sp³-hybridized carbons (Fsp3) is 0.226. The summed E-state index contributed by atoms with van der Waals surface area (Å²) in [6.07, 6.45) is -1.15. The van der Waals surface area contributed by atoms with Crippen LogP contribution in [0.15, 0.2) is 84.9 Å². The number of thiophene rings is 1. The maximum atomic E-state index is 12.7. The number of rotatable bonds is 10. The van der Waals surface area contributed by atoms with E-state index in [1.807, 2.05) is 72.8 Å². The zero-order valence-corrected chi connectivity index (χ0v) is 22.4. The van der Waals surface area contributed by atoms with Crippen LogP contribution in [0.5, 0.6) is 0 Å². The van der Waals surface area contributed by atoms with Gasteiger partial charge >= 0.3 is 12.1 Å². The lowest BCUT2D eigenvalue weighted by atomic mass is 9.98. The number of alkyl carbamates (subject to hydrolysis) is 1. The first-order valence-electron chi connectivity index (χ1n) is 12.6. The summed E-state index contributed by atoms with van der Waals surface area (Å²) >= 11 is 1.46. The molecule has 0 bridgehead atoms. The van der Waals surface area contributed by atoms with Crippen LogP contribution < -0.4 is 5.32 Å². The number of hydrogen-bond acceptors (Lipinski definition) is 6. The molecule has 1 aliphatic carbocycles. The van der Waals surface area contributed by atoms with Crippen LogP contribution in [0.2, 0.25) is 0 Å². The predicted molar refractivity (Wildman–Crippen MR) is 150 cm³/mol. The summed E-state index contributed by atoms with van der Waals surface area (Å²) in [4.78, 5) is 26.5. The number of aliphatic carboxylic acids is 1. The molecule has 0 radical (unpaired) electrons. The third-order valence-corrected chi connectivity index (χ3v) is 8.05. The average Bonchev–Trinajstić information content (AvgIpc) is 3.55. The van der Waals surface area contributed by atoms with E-state index in [0.717, 1.165) is 43.1 Å². The Kier molecular flexibility index (Phi) is 8.07. The van der Waals surface area contributed by atoms with Crippen LogP contribution in [0, 0.1) is 0 Å². The normalized spacial score (nSPS) is 13.1. The fourth-order valence-corrected chi connectivity index (χ4v) is 6.19. The summed E-state index contributed by atoms with van der Waals surface area (Å²) in [6, 6.07) is 26.6. The Morgan fingerprint density at radius 1 is 0.846 bits per heavy atom. The molecule has 1 heterocycles. The van der Waals surface area contributed by atoms with Crippen LogP contribution in [0.4, 0.5) is 4.79 Å². The molecule has 8 heteroatoms. The van der Waals surface area contributed by atoms with Crippen molar-refractivity contribution in [2.24, 2.45) is 0 Å². The topological polar surface area (TPSA) is 94.1 Å². The lowest BCUT2D eigenvalue weighted by Crippen LogP contribution is -2.42. The van der Waals surface area contributed by atoms with E-state index in [9.17, 15) is 14.7 Å². The summed E-state index contributed by atoms with van der Waals surface area (Å²) < 4.78 is 16.4. The van der Waals surface area contributed by atoms with Crippen molar-refractivity contribution in [1.29, 1.82) is 0 Å². The van der Waals surface area contributed by atoms with E-state index in [4.69, 9.17) is 14.2 Å². The standard InChI is InChI=1S/C31H29NO6S/c1-36-30(37-2)25-14-8-7-13-24(25)28-16-15-19(39-28)17-27(29(33)34)32-31(35)38-18-26-22-11-5-3-9-20(22)21-10-4-6-12-23(21)26/h3-16,26-27,30H,17-18H2,1-2H3,(H,32,35)(H,33,34). The number of carboxylic acid groups (broad SMARTS) is 1. The first-order valence-corrected chi connectivity index (χ1v) is 13.4. The highest BCUT2D eigenvalue weighted by molar-refractivity contribution is 7.15. The minimum atomic E-state index is -1.13. The molecule has 1 atom stereocenters. The first kappa shape index (κ1) is 26.6. The number of carboxylic acids is 1. The Balaban J connectivity index is 1.25. The summed E-state index contributed by atoms with van der Waals surface area (Å²) in [7, 11) is 3.16. The van der Waals surface area contributed by atoms with Gasteiger partial charge in [-0.15, -0.1) is 11.3 Å². The van der Waals surface area contributed by atoms with E-state index < -0.39 is 24.4 Å². The van der Waals surface area contributed by atoms with E-state index in [2.05, 4.69) is 17.4 Å². The van der Waals surface area contributed by atoms with E-state index in [-0.39, 0.29) is 18.9 Å². The molecule has 1 aliphatic rings. The van der Waals surface area contributed by atoms with Crippen LogP contribution in [0.1, 0.15) is 33.8 Å². The average molecular weight is 544 g/mol. The molecule has 5 rings (SSSR count). The van der Waals surface area contributed by atoms with Crippen LogP contribution >= 0.6 is 11.3 Å². The third-order valence-electron chi connectivity index (χ3n) is 6.91. The maximum Gasteiger partial charge on any atom is 0.407 e. The summed E-state index contributed by atoms with van der Waals surface area (Å²) in [6.45, 7) is 0.117. The quantitative estimate of drug-likeness (QED) is 0.230. The number of hydrogen-bond donors (Lipinski definition) is 2. The van der Waals surface area contributed by atoms with Gasteiger partial charge in [0.1, 0.15) is 12.6 Å². The molecule has 3 aromatic carbocycles. The molecular weight excluding hydrogens is 514 g/mol. The molecule has 1 aromatic heterocycles. The Labute approximate surface area is 231 Å². The van der Waals surface area contributed by atoms with Gasteiger partial charge in [-0.05, 0) is 39.9 Å². The molecule has 1 amide bonds. The molecule has 0 spiro atoms. The van der Waals surface area contributed by atoms with Crippen LogP contribution in [-0.2, 0) is 25.4 Å². The van der Waals surface area contributed by atoms with Crippen LogP contribution in [-0.4, -0.2) is 44.0 Å². The second-order valence-corrected chi connectivity index (χ2v) is 10.4. The third kappa shape index (κ3) is 5.59. The highest BCUT2D eigenvalue weighted by atomic mass is 32.1. The largest absolute Gasteiger partial charge is 0.480 e. The van der Waals surface area contributed by atoms with Gasteiger partial charge in [0.05, 0.1) is 0 Å². The molecule has 7 nitrogen and oxygen atoms in total. The molecule has 4 aromatic rings. The molecule has 0 fully saturated rings. The van der Waals surface area contributed by atoms with E-state index in [0.29, 0.717) is 0 Å². The summed E-state index contributed by atoms with van der Waals surface area (Å²) in [5.74, 6) is -1.23. The lowest BCUT2D eigenvalue weighted by molar-refractivity contribution is -0.139. The van der Waals surface area contributed by atoms with Gasteiger partial charge in [0.15, 0.2) is 6.29 Å². The van der Waals surface area contributed by atoms with Crippen molar-refractivity contribution in [2.45, 2.75) is 24.7 Å². The maximum absolute atomic E-state index is 12.7. The van der Waals surface area contributed by atoms with Gasteiger partial charge in [0, 0.05) is 41.9 Å². The molecule has 0 saturated heterocycles. The SMILES string of the molecule is COC(OC)c1ccccc1-c1ccc(CC(NC(=O)OCC2c3ccccc3-c3ccccc32)C(=O)O)s1. The van der Waals surface area contributed by atoms with Gasteiger partial charge in [-0.2, -0.15) is 0 Å². The number of methoxy groups -OCH3 is 2. The molecule has 0 saturated carbocycles. The Hall–Kier alpha value is -3.98. The summed E-state index contributed by atoms with van der Waals surface area (Å²) in [5.41, 5.74) is 6.26. The van der Waals surface area contributed by atoms with Crippen LogP contribution in [0.25, 0.3) is 21.6 Å². The number of ether oxygens (including phenoxy) is 3. The van der Waals surface area contributed by atoms with Crippen molar-refractivity contribution < 1.29 is 28.9 Å². The zero-order valence-electron chi connectivity index (χ0n) is 21.6. The zero-order chi connectivity index (χ0) is 27.4. The van der Waals surface area contributed by atoms with Crippen molar-refractivity contribution in [3.8, 4) is 21.6 Å². The number of amides is 1. The smallest absolute Gasteiger partial charge is 0.407 e. The number of benzene rings is 3. The lowest BCUT2D eigenvalue weighted by Gasteiger charge is -2.17. The minimum absolute atomic E-state index is 0.102. The van der Waals surface area contributed by atoms with E-state index >= 15 is 0 Å². The Bertz CT molecular complexity index is 1430. The van der Waals surface area contributed by atoms with Gasteiger partial charge in [-0.3, -0.25) is 0 Å². The van der Waals surface area contributed by atoms with Crippen molar-refractivity contribution in [2.75, 3.05) is 20.8 Å². The number of fused-ring (bicyclic) bond motifs is 3. The van der Waals surface area contributed by atoms with Crippen LogP contribution in [0.3, 0.4) is 0 Å². The molecular formula is C31H29NO6S. The fourth-order valence-electron chi connectivity index (χ4n) is 5.09. The van der Waals surface area contributed by atoms with Gasteiger partial charge in [-0.25, -0.2) is 9.59 Å². The van der Waals surface area contributed by atoms with Crippen molar-refractivity contribution >= 4 is 23.4 Å². The molecule has 0 aliphatic heterocycles. The van der Waals surface area contributed by atoms with Gasteiger partial charge in [-0.1, -0.05) is 72.8 Å². The highest BCUT2D eigenvalue weighted by Gasteiger charge is 2.30. The minimum Gasteiger partial charge on any atom is -0.480 e. The number of nitrogens with one attached hydrogen (secondary N) is 1. The van der Waals surface area contributed by atoms with E-state index in [1.54, 1.807) is 14.2 Å².